The minimum atomic E-state index is -0.0380. The lowest BCUT2D eigenvalue weighted by molar-refractivity contribution is -0.122. The van der Waals surface area contributed by atoms with E-state index in [2.05, 4.69) is 26.6 Å². The summed E-state index contributed by atoms with van der Waals surface area (Å²) in [6.07, 6.45) is 16.1. The van der Waals surface area contributed by atoms with Crippen LogP contribution in [0.5, 0.6) is 0 Å². The maximum atomic E-state index is 12.6. The molecule has 1 amide bonds. The van der Waals surface area contributed by atoms with Crippen LogP contribution in [0.2, 0.25) is 0 Å². The summed E-state index contributed by atoms with van der Waals surface area (Å²) in [5, 5.41) is 19.7. The van der Waals surface area contributed by atoms with Gasteiger partial charge in [0.1, 0.15) is 0 Å². The highest BCUT2D eigenvalue weighted by Gasteiger charge is 2.35. The number of amides is 1. The van der Waals surface area contributed by atoms with Crippen molar-refractivity contribution in [3.8, 4) is 17.5 Å². The van der Waals surface area contributed by atoms with Crippen LogP contribution in [-0.2, 0) is 4.79 Å². The Hall–Kier alpha value is -2.40. The number of hydrogen-bond acceptors (Lipinski definition) is 6. The molecule has 2 aromatic heterocycles. The van der Waals surface area contributed by atoms with Gasteiger partial charge < -0.3 is 10.6 Å². The Morgan fingerprint density at radius 1 is 1.21 bits per heavy atom. The number of thiazole rings is 1. The number of nitrogens with one attached hydrogen (secondary N) is 2. The van der Waals surface area contributed by atoms with Gasteiger partial charge in [-0.1, -0.05) is 19.3 Å². The van der Waals surface area contributed by atoms with Crippen LogP contribution in [-0.4, -0.2) is 26.7 Å². The summed E-state index contributed by atoms with van der Waals surface area (Å²) < 4.78 is 2.06. The summed E-state index contributed by atoms with van der Waals surface area (Å²) in [5.41, 5.74) is 2.07. The van der Waals surface area contributed by atoms with Gasteiger partial charge in [0.2, 0.25) is 5.91 Å². The van der Waals surface area contributed by atoms with Crippen LogP contribution in [0.3, 0.4) is 0 Å². The van der Waals surface area contributed by atoms with Gasteiger partial charge in [-0.2, -0.15) is 10.4 Å². The second-order valence-electron chi connectivity index (χ2n) is 8.62. The number of nitrogens with zero attached hydrogens (tertiary/aromatic N) is 4. The first-order valence-corrected chi connectivity index (χ1v) is 11.5. The monoisotopic (exact) mass is 410 g/mol. The number of carbonyl (C=O) groups excluding carboxylic acids is 1. The van der Waals surface area contributed by atoms with Crippen LogP contribution in [0.1, 0.15) is 74.6 Å². The number of hydrogen-bond donors (Lipinski definition) is 2. The van der Waals surface area contributed by atoms with E-state index in [4.69, 9.17) is 10.2 Å². The van der Waals surface area contributed by atoms with Gasteiger partial charge in [0.15, 0.2) is 11.3 Å². The zero-order valence-electron chi connectivity index (χ0n) is 16.4. The van der Waals surface area contributed by atoms with E-state index >= 15 is 0 Å². The van der Waals surface area contributed by atoms with Gasteiger partial charge in [-0.15, -0.1) is 11.3 Å². The molecule has 0 radical (unpaired) electrons. The summed E-state index contributed by atoms with van der Waals surface area (Å²) in [4.78, 5) is 18.8. The molecule has 0 aromatic carbocycles. The zero-order chi connectivity index (χ0) is 19.8. The Balaban J connectivity index is 1.35. The summed E-state index contributed by atoms with van der Waals surface area (Å²) >= 11 is 1.64. The van der Waals surface area contributed by atoms with Gasteiger partial charge in [-0.3, -0.25) is 9.48 Å². The number of carbonyl (C=O) groups is 1. The number of nitriles is 1. The van der Waals surface area contributed by atoms with Gasteiger partial charge in [0.25, 0.3) is 0 Å². The van der Waals surface area contributed by atoms with E-state index in [9.17, 15) is 4.79 Å². The summed E-state index contributed by atoms with van der Waals surface area (Å²) in [6, 6.07) is 0.682. The predicted octanol–water partition coefficient (Wildman–Crippen LogP) is 4.18. The fraction of sp³-hybridized carbons (Fsp3) is 0.619. The van der Waals surface area contributed by atoms with Crippen LogP contribution < -0.4 is 10.6 Å². The molecule has 2 aromatic rings. The Bertz CT molecular complexity index is 927. The molecule has 3 aliphatic rings. The maximum absolute atomic E-state index is 12.6. The third-order valence-electron chi connectivity index (χ3n) is 6.43. The van der Waals surface area contributed by atoms with Crippen molar-refractivity contribution < 1.29 is 4.79 Å². The first-order valence-electron chi connectivity index (χ1n) is 10.7. The average molecular weight is 411 g/mol. The van der Waals surface area contributed by atoms with Crippen LogP contribution in [0.15, 0.2) is 12.4 Å². The topological polar surface area (TPSA) is 95.6 Å². The minimum Gasteiger partial charge on any atom is -0.321 e. The summed E-state index contributed by atoms with van der Waals surface area (Å²) in [6.45, 7) is 0. The van der Waals surface area contributed by atoms with Crippen molar-refractivity contribution >= 4 is 22.4 Å². The molecule has 3 saturated carbocycles. The molecule has 2 N–H and O–H groups in total. The molecule has 0 saturated heterocycles. The lowest BCUT2D eigenvalue weighted by Gasteiger charge is -2.32. The highest BCUT2D eigenvalue weighted by Crippen LogP contribution is 2.44. The van der Waals surface area contributed by atoms with Crippen LogP contribution in [0.4, 0.5) is 5.13 Å². The van der Waals surface area contributed by atoms with Crippen molar-refractivity contribution in [3.63, 3.8) is 0 Å². The van der Waals surface area contributed by atoms with E-state index in [1.807, 2.05) is 12.4 Å². The summed E-state index contributed by atoms with van der Waals surface area (Å²) in [7, 11) is 0. The predicted molar refractivity (Wildman–Crippen MR) is 111 cm³/mol. The smallest absolute Gasteiger partial charge is 0.229 e. The molecule has 29 heavy (non-hydrogen) atoms. The molecular weight excluding hydrogens is 384 g/mol. The van der Waals surface area contributed by atoms with Crippen molar-refractivity contribution in [2.75, 3.05) is 5.32 Å². The fourth-order valence-corrected chi connectivity index (χ4v) is 5.64. The molecule has 3 fully saturated rings. The van der Waals surface area contributed by atoms with Gasteiger partial charge in [-0.25, -0.2) is 4.98 Å². The molecule has 0 aliphatic heterocycles. The van der Waals surface area contributed by atoms with Crippen molar-refractivity contribution in [3.05, 3.63) is 17.3 Å². The standard InChI is InChI=1S/C21H26N6OS/c22-12-23-16-8-14(9-16)20(28)26-21-25-18(15-10-24-27(11-15)17-6-7-17)19(29-21)13-4-2-1-3-5-13/h10-11,13-14,16-17,23H,1-9H2,(H,25,26,28)/t14-,16-. The van der Waals surface area contributed by atoms with E-state index in [0.717, 1.165) is 11.3 Å². The number of anilines is 1. The van der Waals surface area contributed by atoms with Crippen molar-refractivity contribution in [2.45, 2.75) is 75.8 Å². The van der Waals surface area contributed by atoms with E-state index in [0.29, 0.717) is 29.9 Å². The zero-order valence-corrected chi connectivity index (χ0v) is 17.2. The van der Waals surface area contributed by atoms with Gasteiger partial charge in [0.05, 0.1) is 17.9 Å². The molecule has 0 bridgehead atoms. The lowest BCUT2D eigenvalue weighted by Crippen LogP contribution is -2.44. The highest BCUT2D eigenvalue weighted by molar-refractivity contribution is 7.16. The normalized spacial score (nSPS) is 24.5. The van der Waals surface area contributed by atoms with Crippen LogP contribution >= 0.6 is 11.3 Å². The Kier molecular flexibility index (Phi) is 5.00. The van der Waals surface area contributed by atoms with E-state index in [1.54, 1.807) is 11.3 Å². The Labute approximate surface area is 174 Å². The van der Waals surface area contributed by atoms with Crippen molar-refractivity contribution in [1.82, 2.24) is 20.1 Å². The molecule has 0 unspecified atom stereocenters. The molecule has 7 nitrogen and oxygen atoms in total. The molecule has 5 rings (SSSR count). The minimum absolute atomic E-state index is 0.0187. The Morgan fingerprint density at radius 3 is 2.72 bits per heavy atom. The number of rotatable bonds is 6. The first kappa shape index (κ1) is 18.6. The third-order valence-corrected chi connectivity index (χ3v) is 7.57. The molecule has 3 aliphatic carbocycles. The van der Waals surface area contributed by atoms with Crippen molar-refractivity contribution in [2.24, 2.45) is 5.92 Å². The van der Waals surface area contributed by atoms with E-state index in [-0.39, 0.29) is 17.9 Å². The number of aromatic nitrogens is 3. The van der Waals surface area contributed by atoms with Crippen LogP contribution in [0, 0.1) is 17.4 Å². The second-order valence-corrected chi connectivity index (χ2v) is 9.65. The molecule has 0 spiro atoms. The highest BCUT2D eigenvalue weighted by atomic mass is 32.1. The quantitative estimate of drug-likeness (QED) is 0.550. The van der Waals surface area contributed by atoms with E-state index in [1.165, 1.54) is 49.8 Å². The van der Waals surface area contributed by atoms with Gasteiger partial charge in [0, 0.05) is 28.6 Å². The summed E-state index contributed by atoms with van der Waals surface area (Å²) in [5.74, 6) is 0.508. The molecule has 8 heteroatoms. The maximum Gasteiger partial charge on any atom is 0.229 e. The molecule has 2 heterocycles. The molecular formula is C21H26N6OS. The third kappa shape index (κ3) is 3.88. The first-order chi connectivity index (χ1) is 14.2. The average Bonchev–Trinajstić information content (AvgIpc) is 3.28. The molecule has 0 atom stereocenters. The SMILES string of the molecule is N#CN[C@H]1C[C@H](C(=O)Nc2nc(-c3cnn(C4CC4)c3)c(C3CCCCC3)s2)C1. The largest absolute Gasteiger partial charge is 0.321 e. The van der Waals surface area contributed by atoms with E-state index < -0.39 is 0 Å². The lowest BCUT2D eigenvalue weighted by atomic mass is 9.80. The van der Waals surface area contributed by atoms with Crippen LogP contribution in [0.25, 0.3) is 11.3 Å². The van der Waals surface area contributed by atoms with Gasteiger partial charge in [-0.05, 0) is 44.4 Å². The van der Waals surface area contributed by atoms with Gasteiger partial charge >= 0.3 is 0 Å². The molecule has 152 valence electrons. The second kappa shape index (κ2) is 7.79. The van der Waals surface area contributed by atoms with Crippen molar-refractivity contribution in [1.29, 1.82) is 5.26 Å². The fourth-order valence-electron chi connectivity index (χ4n) is 4.48. The Morgan fingerprint density at radius 2 is 2.00 bits per heavy atom.